The van der Waals surface area contributed by atoms with Crippen molar-refractivity contribution in [3.05, 3.63) is 60.2 Å². The zero-order chi connectivity index (χ0) is 18.6. The SMILES string of the molecule is CC(C)(C)OC(=O)N1CCC(c2ccc(Oc3ccccc3)cc2)CC1. The Labute approximate surface area is 155 Å². The van der Waals surface area contributed by atoms with Gasteiger partial charge in [-0.1, -0.05) is 30.3 Å². The topological polar surface area (TPSA) is 38.8 Å². The summed E-state index contributed by atoms with van der Waals surface area (Å²) < 4.78 is 11.3. The van der Waals surface area contributed by atoms with Crippen LogP contribution in [-0.2, 0) is 4.74 Å². The Morgan fingerprint density at radius 1 is 0.923 bits per heavy atom. The number of para-hydroxylation sites is 1. The number of hydrogen-bond acceptors (Lipinski definition) is 3. The summed E-state index contributed by atoms with van der Waals surface area (Å²) >= 11 is 0. The van der Waals surface area contributed by atoms with Crippen LogP contribution in [0.4, 0.5) is 4.79 Å². The fourth-order valence-corrected chi connectivity index (χ4v) is 3.15. The zero-order valence-corrected chi connectivity index (χ0v) is 15.8. The van der Waals surface area contributed by atoms with E-state index in [1.54, 1.807) is 0 Å². The van der Waals surface area contributed by atoms with Gasteiger partial charge >= 0.3 is 6.09 Å². The molecule has 138 valence electrons. The van der Waals surface area contributed by atoms with Gasteiger partial charge in [0.2, 0.25) is 0 Å². The van der Waals surface area contributed by atoms with Crippen LogP contribution in [0.5, 0.6) is 11.5 Å². The van der Waals surface area contributed by atoms with Crippen molar-refractivity contribution in [2.45, 2.75) is 45.1 Å². The Hall–Kier alpha value is -2.49. The molecule has 3 rings (SSSR count). The second-order valence-electron chi connectivity index (χ2n) is 7.73. The molecule has 1 heterocycles. The van der Waals surface area contributed by atoms with Crippen molar-refractivity contribution in [3.8, 4) is 11.5 Å². The fourth-order valence-electron chi connectivity index (χ4n) is 3.15. The molecule has 26 heavy (non-hydrogen) atoms. The molecule has 1 fully saturated rings. The van der Waals surface area contributed by atoms with Gasteiger partial charge in [0, 0.05) is 13.1 Å². The summed E-state index contributed by atoms with van der Waals surface area (Å²) in [5.41, 5.74) is 0.858. The minimum atomic E-state index is -0.442. The Morgan fingerprint density at radius 3 is 2.08 bits per heavy atom. The number of likely N-dealkylation sites (tertiary alicyclic amines) is 1. The second-order valence-corrected chi connectivity index (χ2v) is 7.73. The lowest BCUT2D eigenvalue weighted by atomic mass is 9.89. The standard InChI is InChI=1S/C22H27NO3/c1-22(2,3)26-21(24)23-15-13-18(14-16-23)17-9-11-20(12-10-17)25-19-7-5-4-6-8-19/h4-12,18H,13-16H2,1-3H3. The summed E-state index contributed by atoms with van der Waals surface area (Å²) in [6.45, 7) is 7.17. The third kappa shape index (κ3) is 5.01. The molecule has 0 N–H and O–H groups in total. The molecule has 2 aromatic carbocycles. The van der Waals surface area contributed by atoms with Gasteiger partial charge in [0.1, 0.15) is 17.1 Å². The highest BCUT2D eigenvalue weighted by Crippen LogP contribution is 2.30. The molecule has 0 atom stereocenters. The van der Waals surface area contributed by atoms with E-state index in [4.69, 9.17) is 9.47 Å². The number of amides is 1. The van der Waals surface area contributed by atoms with Crippen molar-refractivity contribution in [3.63, 3.8) is 0 Å². The second kappa shape index (κ2) is 7.81. The third-order valence-electron chi connectivity index (χ3n) is 4.48. The molecule has 4 heteroatoms. The quantitative estimate of drug-likeness (QED) is 0.721. The van der Waals surface area contributed by atoms with Gasteiger partial charge in [-0.05, 0) is 69.4 Å². The number of carbonyl (C=O) groups excluding carboxylic acids is 1. The Bertz CT molecular complexity index is 711. The molecule has 1 amide bonds. The molecule has 2 aromatic rings. The Balaban J connectivity index is 1.54. The number of nitrogens with zero attached hydrogens (tertiary/aromatic N) is 1. The molecule has 0 bridgehead atoms. The van der Waals surface area contributed by atoms with E-state index in [1.165, 1.54) is 5.56 Å². The van der Waals surface area contributed by atoms with Crippen LogP contribution in [0.2, 0.25) is 0 Å². The minimum absolute atomic E-state index is 0.206. The lowest BCUT2D eigenvalue weighted by Gasteiger charge is -2.33. The summed E-state index contributed by atoms with van der Waals surface area (Å²) in [6, 6.07) is 18.1. The predicted molar refractivity (Wildman–Crippen MR) is 103 cm³/mol. The lowest BCUT2D eigenvalue weighted by molar-refractivity contribution is 0.0205. The molecule has 0 aromatic heterocycles. The maximum atomic E-state index is 12.2. The van der Waals surface area contributed by atoms with E-state index in [0.29, 0.717) is 5.92 Å². The molecule has 0 spiro atoms. The number of benzene rings is 2. The van der Waals surface area contributed by atoms with Crippen molar-refractivity contribution in [1.82, 2.24) is 4.90 Å². The largest absolute Gasteiger partial charge is 0.457 e. The highest BCUT2D eigenvalue weighted by molar-refractivity contribution is 5.68. The maximum Gasteiger partial charge on any atom is 0.410 e. The van der Waals surface area contributed by atoms with Crippen molar-refractivity contribution >= 4 is 6.09 Å². The van der Waals surface area contributed by atoms with Crippen molar-refractivity contribution in [2.24, 2.45) is 0 Å². The van der Waals surface area contributed by atoms with Crippen molar-refractivity contribution in [1.29, 1.82) is 0 Å². The van der Waals surface area contributed by atoms with E-state index in [9.17, 15) is 4.79 Å². The van der Waals surface area contributed by atoms with Crippen LogP contribution >= 0.6 is 0 Å². The smallest absolute Gasteiger partial charge is 0.410 e. The van der Waals surface area contributed by atoms with Crippen LogP contribution < -0.4 is 4.74 Å². The molecular weight excluding hydrogens is 326 g/mol. The highest BCUT2D eigenvalue weighted by atomic mass is 16.6. The molecule has 1 saturated heterocycles. The average molecular weight is 353 g/mol. The number of rotatable bonds is 3. The van der Waals surface area contributed by atoms with Gasteiger partial charge < -0.3 is 14.4 Å². The number of hydrogen-bond donors (Lipinski definition) is 0. The van der Waals surface area contributed by atoms with Crippen LogP contribution in [0.25, 0.3) is 0 Å². The lowest BCUT2D eigenvalue weighted by Crippen LogP contribution is -2.41. The minimum Gasteiger partial charge on any atom is -0.457 e. The van der Waals surface area contributed by atoms with E-state index in [0.717, 1.165) is 37.4 Å². The molecule has 4 nitrogen and oxygen atoms in total. The summed E-state index contributed by atoms with van der Waals surface area (Å²) in [7, 11) is 0. The molecule has 0 radical (unpaired) electrons. The zero-order valence-electron chi connectivity index (χ0n) is 15.8. The molecule has 1 aliphatic heterocycles. The van der Waals surface area contributed by atoms with Crippen molar-refractivity contribution < 1.29 is 14.3 Å². The number of piperidine rings is 1. The molecule has 1 aliphatic rings. The fraction of sp³-hybridized carbons (Fsp3) is 0.409. The molecule has 0 unspecified atom stereocenters. The Morgan fingerprint density at radius 2 is 1.50 bits per heavy atom. The highest BCUT2D eigenvalue weighted by Gasteiger charge is 2.27. The van der Waals surface area contributed by atoms with Crippen LogP contribution in [0.15, 0.2) is 54.6 Å². The van der Waals surface area contributed by atoms with E-state index >= 15 is 0 Å². The summed E-state index contributed by atoms with van der Waals surface area (Å²) in [4.78, 5) is 14.0. The van der Waals surface area contributed by atoms with Gasteiger partial charge in [-0.25, -0.2) is 4.79 Å². The van der Waals surface area contributed by atoms with Gasteiger partial charge in [0.15, 0.2) is 0 Å². The molecule has 0 saturated carbocycles. The van der Waals surface area contributed by atoms with Crippen LogP contribution in [-0.4, -0.2) is 29.7 Å². The van der Waals surface area contributed by atoms with Crippen LogP contribution in [0.1, 0.15) is 45.1 Å². The number of ether oxygens (including phenoxy) is 2. The van der Waals surface area contributed by atoms with Crippen LogP contribution in [0.3, 0.4) is 0 Å². The van der Waals surface area contributed by atoms with E-state index in [2.05, 4.69) is 12.1 Å². The summed E-state index contributed by atoms with van der Waals surface area (Å²) in [6.07, 6.45) is 1.71. The molecular formula is C22H27NO3. The van der Waals surface area contributed by atoms with Gasteiger partial charge in [0.25, 0.3) is 0 Å². The first-order valence-corrected chi connectivity index (χ1v) is 9.21. The first kappa shape index (κ1) is 18.3. The van der Waals surface area contributed by atoms with Gasteiger partial charge in [0.05, 0.1) is 0 Å². The summed E-state index contributed by atoms with van der Waals surface area (Å²) in [5.74, 6) is 2.15. The van der Waals surface area contributed by atoms with Crippen molar-refractivity contribution in [2.75, 3.05) is 13.1 Å². The van der Waals surface area contributed by atoms with Gasteiger partial charge in [-0.2, -0.15) is 0 Å². The molecule has 0 aliphatic carbocycles. The first-order chi connectivity index (χ1) is 12.4. The van der Waals surface area contributed by atoms with Crippen LogP contribution in [0, 0.1) is 0 Å². The predicted octanol–water partition coefficient (Wildman–Crippen LogP) is 5.59. The van der Waals surface area contributed by atoms with E-state index in [1.807, 2.05) is 68.1 Å². The monoisotopic (exact) mass is 353 g/mol. The first-order valence-electron chi connectivity index (χ1n) is 9.21. The van der Waals surface area contributed by atoms with E-state index in [-0.39, 0.29) is 6.09 Å². The maximum absolute atomic E-state index is 12.2. The average Bonchev–Trinajstić information content (AvgIpc) is 2.62. The normalized spacial score (nSPS) is 15.6. The van der Waals surface area contributed by atoms with Gasteiger partial charge in [-0.3, -0.25) is 0 Å². The summed E-state index contributed by atoms with van der Waals surface area (Å²) in [5, 5.41) is 0. The third-order valence-corrected chi connectivity index (χ3v) is 4.48. The Kier molecular flexibility index (Phi) is 5.50. The van der Waals surface area contributed by atoms with E-state index < -0.39 is 5.60 Å². The number of carbonyl (C=O) groups is 1. The van der Waals surface area contributed by atoms with Gasteiger partial charge in [-0.15, -0.1) is 0 Å².